The summed E-state index contributed by atoms with van der Waals surface area (Å²) in [5.41, 5.74) is 1.32. The number of piperazine rings is 1. The van der Waals surface area contributed by atoms with Crippen LogP contribution in [0.3, 0.4) is 0 Å². The highest BCUT2D eigenvalue weighted by Gasteiger charge is 2.16. The number of para-hydroxylation sites is 1. The first-order chi connectivity index (χ1) is 10.8. The van der Waals surface area contributed by atoms with Gasteiger partial charge in [0.2, 0.25) is 0 Å². The Balaban J connectivity index is 1.40. The van der Waals surface area contributed by atoms with Crippen molar-refractivity contribution in [2.45, 2.75) is 4.90 Å². The van der Waals surface area contributed by atoms with Crippen LogP contribution >= 0.6 is 11.8 Å². The maximum absolute atomic E-state index is 12.9. The molecular formula is C18H21FN2S. The Kier molecular flexibility index (Phi) is 5.35. The molecule has 1 fully saturated rings. The van der Waals surface area contributed by atoms with Crippen molar-refractivity contribution in [1.82, 2.24) is 4.90 Å². The first-order valence-electron chi connectivity index (χ1n) is 7.72. The lowest BCUT2D eigenvalue weighted by Gasteiger charge is -2.36. The van der Waals surface area contributed by atoms with Crippen LogP contribution < -0.4 is 4.90 Å². The summed E-state index contributed by atoms with van der Waals surface area (Å²) in [6, 6.07) is 17.4. The molecule has 116 valence electrons. The summed E-state index contributed by atoms with van der Waals surface area (Å²) in [6.07, 6.45) is 0. The van der Waals surface area contributed by atoms with Crippen molar-refractivity contribution in [3.8, 4) is 0 Å². The van der Waals surface area contributed by atoms with E-state index in [1.54, 1.807) is 11.8 Å². The summed E-state index contributed by atoms with van der Waals surface area (Å²) in [5.74, 6) is 0.887. The first kappa shape index (κ1) is 15.4. The van der Waals surface area contributed by atoms with Gasteiger partial charge in [-0.25, -0.2) is 4.39 Å². The maximum atomic E-state index is 12.9. The summed E-state index contributed by atoms with van der Waals surface area (Å²) in [4.78, 5) is 6.10. The number of benzene rings is 2. The van der Waals surface area contributed by atoms with Crippen LogP contribution in [-0.4, -0.2) is 43.4 Å². The lowest BCUT2D eigenvalue weighted by molar-refractivity contribution is 0.273. The second kappa shape index (κ2) is 7.65. The maximum Gasteiger partial charge on any atom is 0.123 e. The topological polar surface area (TPSA) is 6.48 Å². The Morgan fingerprint density at radius 2 is 1.55 bits per heavy atom. The third-order valence-electron chi connectivity index (χ3n) is 3.98. The molecule has 0 bridgehead atoms. The number of anilines is 1. The molecule has 0 unspecified atom stereocenters. The van der Waals surface area contributed by atoms with Gasteiger partial charge < -0.3 is 4.90 Å². The largest absolute Gasteiger partial charge is 0.369 e. The molecule has 0 aliphatic carbocycles. The van der Waals surface area contributed by atoms with Crippen LogP contribution in [0.4, 0.5) is 10.1 Å². The van der Waals surface area contributed by atoms with Crippen LogP contribution in [0, 0.1) is 5.82 Å². The third-order valence-corrected chi connectivity index (χ3v) is 4.98. The molecule has 0 radical (unpaired) electrons. The van der Waals surface area contributed by atoms with Gasteiger partial charge in [0.15, 0.2) is 0 Å². The molecule has 1 saturated heterocycles. The van der Waals surface area contributed by atoms with Crippen LogP contribution in [0.1, 0.15) is 0 Å². The molecular weight excluding hydrogens is 295 g/mol. The SMILES string of the molecule is Fc1ccc(SCCN2CCN(c3ccccc3)CC2)cc1. The summed E-state index contributed by atoms with van der Waals surface area (Å²) in [6.45, 7) is 5.48. The molecule has 22 heavy (non-hydrogen) atoms. The molecule has 2 aromatic rings. The van der Waals surface area contributed by atoms with Crippen molar-refractivity contribution in [2.75, 3.05) is 43.4 Å². The summed E-state index contributed by atoms with van der Waals surface area (Å²) >= 11 is 1.80. The number of hydrogen-bond donors (Lipinski definition) is 0. The number of nitrogens with zero attached hydrogens (tertiary/aromatic N) is 2. The Morgan fingerprint density at radius 3 is 2.23 bits per heavy atom. The van der Waals surface area contributed by atoms with E-state index in [0.717, 1.165) is 43.4 Å². The zero-order valence-electron chi connectivity index (χ0n) is 12.6. The summed E-state index contributed by atoms with van der Waals surface area (Å²) in [7, 11) is 0. The van der Waals surface area contributed by atoms with Gasteiger partial charge in [0.05, 0.1) is 0 Å². The smallest absolute Gasteiger partial charge is 0.123 e. The monoisotopic (exact) mass is 316 g/mol. The minimum Gasteiger partial charge on any atom is -0.369 e. The fourth-order valence-electron chi connectivity index (χ4n) is 2.69. The number of halogens is 1. The van der Waals surface area contributed by atoms with Crippen LogP contribution in [0.25, 0.3) is 0 Å². The molecule has 1 aliphatic rings. The molecule has 1 aliphatic heterocycles. The highest BCUT2D eigenvalue weighted by atomic mass is 32.2. The average molecular weight is 316 g/mol. The van der Waals surface area contributed by atoms with Crippen molar-refractivity contribution in [3.63, 3.8) is 0 Å². The first-order valence-corrected chi connectivity index (χ1v) is 8.70. The molecule has 2 aromatic carbocycles. The molecule has 4 heteroatoms. The zero-order valence-corrected chi connectivity index (χ0v) is 13.4. The van der Waals surface area contributed by atoms with Gasteiger partial charge in [0.25, 0.3) is 0 Å². The van der Waals surface area contributed by atoms with Crippen LogP contribution in [-0.2, 0) is 0 Å². The minimum absolute atomic E-state index is 0.165. The normalized spacial score (nSPS) is 16.0. The van der Waals surface area contributed by atoms with E-state index >= 15 is 0 Å². The van der Waals surface area contributed by atoms with Crippen molar-refractivity contribution < 1.29 is 4.39 Å². The van der Waals surface area contributed by atoms with Gasteiger partial charge in [0, 0.05) is 49.1 Å². The standard InChI is InChI=1S/C18H21FN2S/c19-16-6-8-18(9-7-16)22-15-14-20-10-12-21(13-11-20)17-4-2-1-3-5-17/h1-9H,10-15H2. The van der Waals surface area contributed by atoms with E-state index in [1.807, 2.05) is 12.1 Å². The molecule has 0 aromatic heterocycles. The van der Waals surface area contributed by atoms with Crippen LogP contribution in [0.5, 0.6) is 0 Å². The molecule has 0 N–H and O–H groups in total. The van der Waals surface area contributed by atoms with Crippen molar-refractivity contribution >= 4 is 17.4 Å². The van der Waals surface area contributed by atoms with E-state index in [1.165, 1.54) is 17.8 Å². The second-order valence-electron chi connectivity index (χ2n) is 5.47. The molecule has 0 amide bonds. The zero-order chi connectivity index (χ0) is 15.2. The van der Waals surface area contributed by atoms with Gasteiger partial charge in [-0.15, -0.1) is 11.8 Å². The van der Waals surface area contributed by atoms with Crippen LogP contribution in [0.15, 0.2) is 59.5 Å². The van der Waals surface area contributed by atoms with Gasteiger partial charge >= 0.3 is 0 Å². The minimum atomic E-state index is -0.165. The number of thioether (sulfide) groups is 1. The average Bonchev–Trinajstić information content (AvgIpc) is 2.58. The van der Waals surface area contributed by atoms with E-state index in [2.05, 4.69) is 40.1 Å². The lowest BCUT2D eigenvalue weighted by Crippen LogP contribution is -2.47. The van der Waals surface area contributed by atoms with E-state index < -0.39 is 0 Å². The Hall–Kier alpha value is -1.52. The number of hydrogen-bond acceptors (Lipinski definition) is 3. The lowest BCUT2D eigenvalue weighted by atomic mass is 10.2. The van der Waals surface area contributed by atoms with Gasteiger partial charge in [-0.2, -0.15) is 0 Å². The van der Waals surface area contributed by atoms with E-state index in [-0.39, 0.29) is 5.82 Å². The third kappa shape index (κ3) is 4.24. The van der Waals surface area contributed by atoms with Gasteiger partial charge in [-0.3, -0.25) is 4.90 Å². The fraction of sp³-hybridized carbons (Fsp3) is 0.333. The van der Waals surface area contributed by atoms with Crippen LogP contribution in [0.2, 0.25) is 0 Å². The van der Waals surface area contributed by atoms with Gasteiger partial charge in [-0.05, 0) is 36.4 Å². The van der Waals surface area contributed by atoms with E-state index in [0.29, 0.717) is 0 Å². The quantitative estimate of drug-likeness (QED) is 0.776. The fourth-order valence-corrected chi connectivity index (χ4v) is 3.61. The summed E-state index contributed by atoms with van der Waals surface area (Å²) < 4.78 is 12.9. The molecule has 2 nitrogen and oxygen atoms in total. The Labute approximate surface area is 135 Å². The second-order valence-corrected chi connectivity index (χ2v) is 6.63. The van der Waals surface area contributed by atoms with Gasteiger partial charge in [-0.1, -0.05) is 18.2 Å². The van der Waals surface area contributed by atoms with Crippen molar-refractivity contribution in [1.29, 1.82) is 0 Å². The summed E-state index contributed by atoms with van der Waals surface area (Å²) in [5, 5.41) is 0. The molecule has 0 spiro atoms. The molecule has 0 saturated carbocycles. The predicted octanol–water partition coefficient (Wildman–Crippen LogP) is 3.74. The Morgan fingerprint density at radius 1 is 0.864 bits per heavy atom. The highest BCUT2D eigenvalue weighted by Crippen LogP contribution is 2.19. The van der Waals surface area contributed by atoms with E-state index in [4.69, 9.17) is 0 Å². The molecule has 3 rings (SSSR count). The molecule has 1 heterocycles. The highest BCUT2D eigenvalue weighted by molar-refractivity contribution is 7.99. The Bertz CT molecular complexity index is 565. The van der Waals surface area contributed by atoms with E-state index in [9.17, 15) is 4.39 Å². The van der Waals surface area contributed by atoms with Gasteiger partial charge in [0.1, 0.15) is 5.82 Å². The predicted molar refractivity (Wildman–Crippen MR) is 92.2 cm³/mol. The number of rotatable bonds is 5. The molecule has 0 atom stereocenters. The van der Waals surface area contributed by atoms with Crippen molar-refractivity contribution in [2.24, 2.45) is 0 Å². The van der Waals surface area contributed by atoms with Crippen molar-refractivity contribution in [3.05, 3.63) is 60.4 Å².